The second-order valence-electron chi connectivity index (χ2n) is 2.24. The van der Waals surface area contributed by atoms with E-state index in [2.05, 4.69) is 0 Å². The van der Waals surface area contributed by atoms with Crippen LogP contribution in [0.1, 0.15) is 0 Å². The molecule has 0 aromatic carbocycles. The van der Waals surface area contributed by atoms with Gasteiger partial charge in [0.1, 0.15) is 0 Å². The Bertz CT molecular complexity index is 485. The second-order valence-corrected chi connectivity index (χ2v) is 11.6. The van der Waals surface area contributed by atoms with Crippen LogP contribution < -0.4 is 169 Å². The molecule has 0 aliphatic carbocycles. The molecule has 0 saturated heterocycles. The van der Waals surface area contributed by atoms with Gasteiger partial charge in [0.15, 0.2) is 0 Å². The first-order valence-electron chi connectivity index (χ1n) is 5.24. The van der Waals surface area contributed by atoms with Crippen LogP contribution in [0.25, 0.3) is 0 Å². The fourth-order valence-corrected chi connectivity index (χ4v) is 0. The number of hydrogen-bond acceptors (Lipinski definition) is 15. The average Bonchev–Trinajstić information content (AvgIpc) is 2.47. The fraction of sp³-hybridized carbons (Fsp3) is 0. The monoisotopic (exact) mass is 1410 g/mol. The summed E-state index contributed by atoms with van der Waals surface area (Å²) >= 11 is -34.2. The molecule has 30 nitrogen and oxygen atoms in total. The van der Waals surface area contributed by atoms with Crippen molar-refractivity contribution in [2.75, 3.05) is 0 Å². The predicted octanol–water partition coefficient (Wildman–Crippen LogP) is -34.3. The van der Waals surface area contributed by atoms with Gasteiger partial charge in [0.05, 0.1) is 0 Å². The van der Waals surface area contributed by atoms with Crippen molar-refractivity contribution in [1.29, 1.82) is 0 Å². The van der Waals surface area contributed by atoms with Crippen LogP contribution in [0.3, 0.4) is 0 Å². The molecule has 260 valence electrons. The third kappa shape index (κ3) is 2290. The molecule has 15 N–H and O–H groups in total. The summed E-state index contributed by atoms with van der Waals surface area (Å²) in [5.74, 6) is 0. The minimum absolute atomic E-state index is 0. The quantitative estimate of drug-likeness (QED) is 0.100. The molecule has 0 aromatic heterocycles. The van der Waals surface area contributed by atoms with Crippen LogP contribution in [0.5, 0.6) is 0 Å². The summed E-state index contributed by atoms with van der Waals surface area (Å²) in [5.41, 5.74) is 0. The van der Waals surface area contributed by atoms with Gasteiger partial charge in [0.2, 0.25) is 0 Å². The average molecular weight is 1400 g/mol. The Hall–Kier alpha value is 7.39. The summed E-state index contributed by atoms with van der Waals surface area (Å²) in [4.78, 5) is 0. The molecule has 0 aromatic rings. The largest absolute Gasteiger partial charge is 1.00 e. The van der Waals surface area contributed by atoms with E-state index < -0.39 is 145 Å². The van der Waals surface area contributed by atoms with E-state index >= 15 is 0 Å². The summed E-state index contributed by atoms with van der Waals surface area (Å²) in [7, 11) is 0. The molecule has 1 unspecified atom stereocenters. The molecule has 45 heteroatoms. The maximum atomic E-state index is 8.76. The van der Waals surface area contributed by atoms with Gasteiger partial charge < -0.3 is 0 Å². The van der Waals surface area contributed by atoms with Gasteiger partial charge in [-0.25, -0.2) is 0 Å². The van der Waals surface area contributed by atoms with Gasteiger partial charge >= 0.3 is 415 Å². The van der Waals surface area contributed by atoms with Gasteiger partial charge in [-0.1, -0.05) is 0 Å². The second kappa shape index (κ2) is 93.3. The van der Waals surface area contributed by atoms with Crippen molar-refractivity contribution in [2.45, 2.75) is 0 Å². The van der Waals surface area contributed by atoms with Crippen LogP contribution in [0.4, 0.5) is 0 Å². The number of rotatable bonds is 0. The van der Waals surface area contributed by atoms with Gasteiger partial charge in [0.25, 0.3) is 0 Å². The fourth-order valence-electron chi connectivity index (χ4n) is 0. The summed E-state index contributed by atoms with van der Waals surface area (Å²) in [6, 6.07) is 0. The minimum Gasteiger partial charge on any atom is 1.00 e. The topological polar surface area (TPSA) is 589 Å². The molecule has 0 saturated carbocycles. The molecular formula is H15Na5O30Se10. The zero-order chi connectivity index (χ0) is 35.8. The molecule has 1 atom stereocenters. The van der Waals surface area contributed by atoms with Gasteiger partial charge in [-0.2, -0.15) is 0 Å². The summed E-state index contributed by atoms with van der Waals surface area (Å²) in [6.45, 7) is 0. The van der Waals surface area contributed by atoms with Crippen LogP contribution in [0, 0.1) is 0 Å². The molecule has 0 amide bonds. The smallest absolute Gasteiger partial charge is 1.00 e. The third-order valence-corrected chi connectivity index (χ3v) is 0. The van der Waals surface area contributed by atoms with Crippen molar-refractivity contribution < 1.29 is 270 Å². The zero-order valence-corrected chi connectivity index (χ0v) is 49.0. The van der Waals surface area contributed by atoms with Crippen molar-refractivity contribution in [1.82, 2.24) is 0 Å². The van der Waals surface area contributed by atoms with E-state index in [0.29, 0.717) is 0 Å². The van der Waals surface area contributed by atoms with Gasteiger partial charge in [-0.05, 0) is 0 Å². The normalized spacial score (nSPS) is 8.38. The molecule has 0 bridgehead atoms. The molecule has 45 heavy (non-hydrogen) atoms. The van der Waals surface area contributed by atoms with E-state index in [4.69, 9.17) is 122 Å². The van der Waals surface area contributed by atoms with E-state index in [1.807, 2.05) is 0 Å². The maximum absolute atomic E-state index is 8.76. The maximum Gasteiger partial charge on any atom is 1.00 e. The molecule has 0 heterocycles. The van der Waals surface area contributed by atoms with E-state index in [0.717, 1.165) is 0 Å². The Balaban J connectivity index is -0.0000000169. The van der Waals surface area contributed by atoms with Crippen molar-refractivity contribution in [3.63, 3.8) is 0 Å². The van der Waals surface area contributed by atoms with Crippen molar-refractivity contribution in [3.8, 4) is 0 Å². The Labute approximate surface area is 406 Å². The molecule has 0 fully saturated rings. The molecule has 0 spiro atoms. The van der Waals surface area contributed by atoms with Crippen LogP contribution >= 0.6 is 0 Å². The van der Waals surface area contributed by atoms with Crippen LogP contribution in [-0.4, -0.2) is 208 Å². The Morgan fingerprint density at radius 3 is 0.244 bits per heavy atom. The molecule has 0 aliphatic rings. The summed E-state index contributed by atoms with van der Waals surface area (Å²) < 4.78 is 237. The molecular weight excluding hydrogens is 1380 g/mol. The van der Waals surface area contributed by atoms with Gasteiger partial charge in [-0.15, -0.1) is 0 Å². The van der Waals surface area contributed by atoms with Crippen LogP contribution in [0.15, 0.2) is 0 Å². The first-order chi connectivity index (χ1) is 17.3. The van der Waals surface area contributed by atoms with Gasteiger partial charge in [-0.3, -0.25) is 0 Å². The standard InChI is InChI=1S/5Na.10H2O3Se/c;;;;;10*1-4(2)3/h;;;;;10*(H2,1,2,3)/q5*+1;;;;;;;;;;/p-5. The van der Waals surface area contributed by atoms with Crippen molar-refractivity contribution in [2.24, 2.45) is 0 Å². The van der Waals surface area contributed by atoms with Crippen molar-refractivity contribution in [3.05, 3.63) is 0 Å². The van der Waals surface area contributed by atoms with Gasteiger partial charge in [0, 0.05) is 0 Å². The Kier molecular flexibility index (Phi) is 205. The Morgan fingerprint density at radius 1 is 0.244 bits per heavy atom. The molecule has 0 radical (unpaired) electrons. The SMILES string of the molecule is O=[Se](O)O.O=[Se](O)O.O=[Se](O)O.O=[Se](O)O.O=[Se](O)O.O=[Se](O)O.O=[Se](O)O.O=[Se]([O-])O.O=[Se]([O-])[O-].O=[Se]([O-])[O-].[Na+].[Na+].[Na+].[Na+].[Na+]. The number of hydrogen-bond donors (Lipinski definition) is 15. The summed E-state index contributed by atoms with van der Waals surface area (Å²) in [5, 5.41) is 0. The summed E-state index contributed by atoms with van der Waals surface area (Å²) in [6.07, 6.45) is 0. The molecule has 0 aliphatic heterocycles. The Morgan fingerprint density at radius 2 is 0.244 bits per heavy atom. The van der Waals surface area contributed by atoms with E-state index in [1.54, 1.807) is 0 Å². The third-order valence-electron chi connectivity index (χ3n) is 0. The van der Waals surface area contributed by atoms with Crippen LogP contribution in [0.2, 0.25) is 0 Å². The van der Waals surface area contributed by atoms with E-state index in [1.165, 1.54) is 0 Å². The van der Waals surface area contributed by atoms with Crippen molar-refractivity contribution >= 4 is 145 Å². The first-order valence-corrected chi connectivity index (χ1v) is 27.2. The molecule has 0 rings (SSSR count). The van der Waals surface area contributed by atoms with Crippen LogP contribution in [-0.2, 0) is 38.3 Å². The predicted molar refractivity (Wildman–Crippen MR) is 97.7 cm³/mol. The van der Waals surface area contributed by atoms with E-state index in [-0.39, 0.29) is 148 Å². The first kappa shape index (κ1) is 99.0. The zero-order valence-electron chi connectivity index (χ0n) is 21.9. The minimum atomic E-state index is -3.79. The van der Waals surface area contributed by atoms with E-state index in [9.17, 15) is 0 Å².